The molecule has 1 rings (SSSR count). The number of aromatic nitrogens is 1. The van der Waals surface area contributed by atoms with Gasteiger partial charge in [-0.2, -0.15) is 0 Å². The zero-order valence-corrected chi connectivity index (χ0v) is 14.8. The molecule has 120 valence electrons. The van der Waals surface area contributed by atoms with Gasteiger partial charge in [-0.1, -0.05) is 40.5 Å². The van der Waals surface area contributed by atoms with Crippen molar-refractivity contribution < 1.29 is 0 Å². The molecular weight excluding hydrogens is 280 g/mol. The maximum Gasteiger partial charge on any atom is 0.189 e. The Hall–Kier alpha value is -1.10. The van der Waals surface area contributed by atoms with Crippen molar-refractivity contribution >= 4 is 17.3 Å². The van der Waals surface area contributed by atoms with E-state index in [1.54, 1.807) is 11.3 Å². The first-order chi connectivity index (χ1) is 9.88. The minimum absolute atomic E-state index is 0.370. The van der Waals surface area contributed by atoms with Crippen LogP contribution in [0.2, 0.25) is 0 Å². The molecule has 0 aliphatic heterocycles. The summed E-state index contributed by atoms with van der Waals surface area (Å²) in [6.45, 7) is 11.5. The molecule has 0 fully saturated rings. The van der Waals surface area contributed by atoms with Gasteiger partial charge in [0.1, 0.15) is 5.01 Å². The van der Waals surface area contributed by atoms with Gasteiger partial charge in [-0.05, 0) is 25.2 Å². The molecule has 0 saturated heterocycles. The monoisotopic (exact) mass is 310 g/mol. The number of nitrogens with zero attached hydrogens (tertiary/aromatic N) is 2. The fourth-order valence-corrected chi connectivity index (χ4v) is 2.90. The van der Waals surface area contributed by atoms with E-state index in [4.69, 9.17) is 5.73 Å². The fraction of sp³-hybridized carbons (Fsp3) is 0.750. The molecule has 1 aromatic rings. The van der Waals surface area contributed by atoms with Crippen LogP contribution >= 0.6 is 11.3 Å². The molecule has 0 spiro atoms. The minimum atomic E-state index is 0.370. The molecule has 1 heterocycles. The summed E-state index contributed by atoms with van der Waals surface area (Å²) in [5.74, 6) is 1.76. The molecule has 1 aromatic heterocycles. The second-order valence-corrected chi connectivity index (χ2v) is 7.34. The zero-order valence-electron chi connectivity index (χ0n) is 14.0. The Balaban J connectivity index is 2.34. The SMILES string of the molecule is CC(C)CCCC(C)NC(N)=NCc1nc(C(C)C)cs1. The third-order valence-corrected chi connectivity index (χ3v) is 4.21. The van der Waals surface area contributed by atoms with Gasteiger partial charge in [0.05, 0.1) is 12.2 Å². The number of thiazole rings is 1. The average Bonchev–Trinajstić information content (AvgIpc) is 2.84. The van der Waals surface area contributed by atoms with Crippen molar-refractivity contribution in [3.8, 4) is 0 Å². The number of rotatable bonds is 8. The summed E-state index contributed by atoms with van der Waals surface area (Å²) in [7, 11) is 0. The molecule has 3 N–H and O–H groups in total. The van der Waals surface area contributed by atoms with E-state index in [0.29, 0.717) is 24.5 Å². The van der Waals surface area contributed by atoms with Gasteiger partial charge < -0.3 is 11.1 Å². The van der Waals surface area contributed by atoms with Gasteiger partial charge in [0, 0.05) is 11.4 Å². The van der Waals surface area contributed by atoms with Gasteiger partial charge >= 0.3 is 0 Å². The number of hydrogen-bond donors (Lipinski definition) is 2. The Morgan fingerprint density at radius 2 is 2.00 bits per heavy atom. The smallest absolute Gasteiger partial charge is 0.189 e. The highest BCUT2D eigenvalue weighted by atomic mass is 32.1. The molecule has 0 amide bonds. The fourth-order valence-electron chi connectivity index (χ4n) is 2.02. The molecule has 0 aromatic carbocycles. The van der Waals surface area contributed by atoms with E-state index in [9.17, 15) is 0 Å². The lowest BCUT2D eigenvalue weighted by Gasteiger charge is -2.14. The van der Waals surface area contributed by atoms with E-state index >= 15 is 0 Å². The summed E-state index contributed by atoms with van der Waals surface area (Å²) >= 11 is 1.65. The Morgan fingerprint density at radius 3 is 2.57 bits per heavy atom. The van der Waals surface area contributed by atoms with Crippen LogP contribution in [0.15, 0.2) is 10.4 Å². The molecule has 1 unspecified atom stereocenters. The van der Waals surface area contributed by atoms with Crippen LogP contribution in [0.3, 0.4) is 0 Å². The topological polar surface area (TPSA) is 63.3 Å². The first kappa shape index (κ1) is 18.0. The second kappa shape index (κ2) is 9.03. The van der Waals surface area contributed by atoms with Crippen molar-refractivity contribution in [3.63, 3.8) is 0 Å². The number of nitrogens with two attached hydrogens (primary N) is 1. The summed E-state index contributed by atoms with van der Waals surface area (Å²) in [6, 6.07) is 0.370. The van der Waals surface area contributed by atoms with Crippen LogP contribution in [0.4, 0.5) is 0 Å². The number of hydrogen-bond acceptors (Lipinski definition) is 3. The van der Waals surface area contributed by atoms with Crippen LogP contribution in [-0.4, -0.2) is 17.0 Å². The van der Waals surface area contributed by atoms with E-state index in [1.165, 1.54) is 12.8 Å². The summed E-state index contributed by atoms with van der Waals surface area (Å²) < 4.78 is 0. The maximum absolute atomic E-state index is 5.94. The van der Waals surface area contributed by atoms with Crippen molar-refractivity contribution in [2.75, 3.05) is 0 Å². The van der Waals surface area contributed by atoms with Gasteiger partial charge in [-0.15, -0.1) is 11.3 Å². The number of aliphatic imine (C=N–C) groups is 1. The van der Waals surface area contributed by atoms with Crippen molar-refractivity contribution in [1.29, 1.82) is 0 Å². The van der Waals surface area contributed by atoms with E-state index in [0.717, 1.165) is 23.0 Å². The van der Waals surface area contributed by atoms with Crippen molar-refractivity contribution in [2.24, 2.45) is 16.6 Å². The Kier molecular flexibility index (Phi) is 7.72. The quantitative estimate of drug-likeness (QED) is 0.565. The van der Waals surface area contributed by atoms with Crippen LogP contribution in [0.1, 0.15) is 70.5 Å². The third-order valence-electron chi connectivity index (χ3n) is 3.36. The highest BCUT2D eigenvalue weighted by molar-refractivity contribution is 7.09. The van der Waals surface area contributed by atoms with Gasteiger partial charge in [0.2, 0.25) is 0 Å². The summed E-state index contributed by atoms with van der Waals surface area (Å²) in [5.41, 5.74) is 7.07. The summed E-state index contributed by atoms with van der Waals surface area (Å²) in [5, 5.41) is 6.39. The molecule has 21 heavy (non-hydrogen) atoms. The molecule has 5 heteroatoms. The highest BCUT2D eigenvalue weighted by Crippen LogP contribution is 2.18. The number of guanidine groups is 1. The molecule has 1 atom stereocenters. The Bertz CT molecular complexity index is 437. The summed E-state index contributed by atoms with van der Waals surface area (Å²) in [4.78, 5) is 8.94. The molecule has 0 radical (unpaired) electrons. The van der Waals surface area contributed by atoms with Crippen molar-refractivity contribution in [2.45, 2.75) is 72.4 Å². The van der Waals surface area contributed by atoms with Crippen LogP contribution in [0.25, 0.3) is 0 Å². The predicted molar refractivity (Wildman–Crippen MR) is 92.8 cm³/mol. The van der Waals surface area contributed by atoms with Crippen LogP contribution in [0, 0.1) is 5.92 Å². The highest BCUT2D eigenvalue weighted by Gasteiger charge is 2.06. The molecule has 0 aliphatic carbocycles. The van der Waals surface area contributed by atoms with Crippen LogP contribution in [0.5, 0.6) is 0 Å². The number of nitrogens with one attached hydrogen (secondary N) is 1. The molecule has 0 aliphatic rings. The van der Waals surface area contributed by atoms with Gasteiger partial charge in [-0.25, -0.2) is 9.98 Å². The van der Waals surface area contributed by atoms with E-state index < -0.39 is 0 Å². The maximum atomic E-state index is 5.94. The summed E-state index contributed by atoms with van der Waals surface area (Å²) in [6.07, 6.45) is 3.62. The second-order valence-electron chi connectivity index (χ2n) is 6.39. The van der Waals surface area contributed by atoms with Gasteiger partial charge in [0.25, 0.3) is 0 Å². The van der Waals surface area contributed by atoms with Crippen LogP contribution < -0.4 is 11.1 Å². The third kappa shape index (κ3) is 7.46. The Morgan fingerprint density at radius 1 is 1.29 bits per heavy atom. The van der Waals surface area contributed by atoms with E-state index in [1.807, 2.05) is 0 Å². The van der Waals surface area contributed by atoms with E-state index in [-0.39, 0.29) is 0 Å². The normalized spacial score (nSPS) is 14.0. The lowest BCUT2D eigenvalue weighted by molar-refractivity contribution is 0.493. The van der Waals surface area contributed by atoms with Crippen molar-refractivity contribution in [1.82, 2.24) is 10.3 Å². The largest absolute Gasteiger partial charge is 0.370 e. The first-order valence-electron chi connectivity index (χ1n) is 7.89. The lowest BCUT2D eigenvalue weighted by Crippen LogP contribution is -2.38. The molecule has 4 nitrogen and oxygen atoms in total. The molecule has 0 saturated carbocycles. The predicted octanol–water partition coefficient (Wildman–Crippen LogP) is 3.89. The van der Waals surface area contributed by atoms with E-state index in [2.05, 4.69) is 55.3 Å². The first-order valence-corrected chi connectivity index (χ1v) is 8.77. The lowest BCUT2D eigenvalue weighted by atomic mass is 10.0. The zero-order chi connectivity index (χ0) is 15.8. The standard InChI is InChI=1S/C16H30N4S/c1-11(2)7-6-8-13(5)19-16(17)18-9-15-20-14(10-21-15)12(3)4/h10-13H,6-9H2,1-5H3,(H3,17,18,19). The van der Waals surface area contributed by atoms with Gasteiger partial charge in [0.15, 0.2) is 5.96 Å². The Labute approximate surface area is 133 Å². The van der Waals surface area contributed by atoms with Crippen LogP contribution in [-0.2, 0) is 6.54 Å². The minimum Gasteiger partial charge on any atom is -0.370 e. The average molecular weight is 311 g/mol. The molecular formula is C16H30N4S. The van der Waals surface area contributed by atoms with Crippen molar-refractivity contribution in [3.05, 3.63) is 16.1 Å². The molecule has 0 bridgehead atoms. The van der Waals surface area contributed by atoms with Gasteiger partial charge in [-0.3, -0.25) is 0 Å².